The zero-order valence-electron chi connectivity index (χ0n) is 9.45. The standard InChI is InChI=1S/C13H14O3/c1-8(2)13(14)16-10-4-5-11-9(6-10)7-12(11)15-3/h4-6,12H,1,7H2,2-3H3. The first-order valence-electron chi connectivity index (χ1n) is 5.15. The summed E-state index contributed by atoms with van der Waals surface area (Å²) in [6.07, 6.45) is 1.07. The maximum absolute atomic E-state index is 11.3. The Morgan fingerprint density at radius 1 is 1.50 bits per heavy atom. The molecular weight excluding hydrogens is 204 g/mol. The van der Waals surface area contributed by atoms with Gasteiger partial charge < -0.3 is 9.47 Å². The van der Waals surface area contributed by atoms with Crippen molar-refractivity contribution >= 4 is 5.97 Å². The summed E-state index contributed by atoms with van der Waals surface area (Å²) in [7, 11) is 1.70. The second-order valence-electron chi connectivity index (χ2n) is 3.96. The zero-order chi connectivity index (χ0) is 11.7. The van der Waals surface area contributed by atoms with Crippen LogP contribution in [0.25, 0.3) is 0 Å². The topological polar surface area (TPSA) is 35.5 Å². The molecule has 0 fully saturated rings. The van der Waals surface area contributed by atoms with E-state index in [1.54, 1.807) is 20.1 Å². The van der Waals surface area contributed by atoms with E-state index < -0.39 is 0 Å². The predicted molar refractivity (Wildman–Crippen MR) is 60.3 cm³/mol. The highest BCUT2D eigenvalue weighted by Gasteiger charge is 2.26. The number of fused-ring (bicyclic) bond motifs is 1. The average Bonchev–Trinajstić information content (AvgIpc) is 2.21. The SMILES string of the molecule is C=C(C)C(=O)Oc1ccc2c(c1)CC2OC. The monoisotopic (exact) mass is 218 g/mol. The van der Waals surface area contributed by atoms with Gasteiger partial charge in [0.05, 0.1) is 6.10 Å². The van der Waals surface area contributed by atoms with Gasteiger partial charge in [0.1, 0.15) is 5.75 Å². The molecule has 0 aromatic heterocycles. The van der Waals surface area contributed by atoms with E-state index in [1.165, 1.54) is 11.1 Å². The van der Waals surface area contributed by atoms with Crippen LogP contribution in [0.4, 0.5) is 0 Å². The van der Waals surface area contributed by atoms with Crippen LogP contribution in [0, 0.1) is 0 Å². The third kappa shape index (κ3) is 1.86. The van der Waals surface area contributed by atoms with E-state index in [4.69, 9.17) is 9.47 Å². The number of carbonyl (C=O) groups excluding carboxylic acids is 1. The molecule has 1 aliphatic rings. The number of hydrogen-bond donors (Lipinski definition) is 0. The molecule has 0 saturated carbocycles. The number of carbonyl (C=O) groups is 1. The Bertz CT molecular complexity index is 448. The molecule has 1 aliphatic carbocycles. The summed E-state index contributed by atoms with van der Waals surface area (Å²) in [5.41, 5.74) is 2.76. The molecule has 3 heteroatoms. The van der Waals surface area contributed by atoms with Crippen molar-refractivity contribution in [2.45, 2.75) is 19.4 Å². The molecule has 0 spiro atoms. The van der Waals surface area contributed by atoms with E-state index in [0.29, 0.717) is 11.3 Å². The van der Waals surface area contributed by atoms with Crippen molar-refractivity contribution in [3.63, 3.8) is 0 Å². The highest BCUT2D eigenvalue weighted by atomic mass is 16.5. The van der Waals surface area contributed by atoms with Gasteiger partial charge in [-0.1, -0.05) is 12.6 Å². The van der Waals surface area contributed by atoms with Gasteiger partial charge in [0.15, 0.2) is 0 Å². The van der Waals surface area contributed by atoms with Gasteiger partial charge in [0.25, 0.3) is 0 Å². The van der Waals surface area contributed by atoms with Crippen molar-refractivity contribution in [3.05, 3.63) is 41.5 Å². The molecular formula is C13H14O3. The summed E-state index contributed by atoms with van der Waals surface area (Å²) in [6.45, 7) is 5.17. The summed E-state index contributed by atoms with van der Waals surface area (Å²) >= 11 is 0. The Kier molecular flexibility index (Phi) is 2.79. The van der Waals surface area contributed by atoms with Gasteiger partial charge >= 0.3 is 5.97 Å². The molecule has 16 heavy (non-hydrogen) atoms. The van der Waals surface area contributed by atoms with Crippen LogP contribution >= 0.6 is 0 Å². The number of hydrogen-bond acceptors (Lipinski definition) is 3. The lowest BCUT2D eigenvalue weighted by Gasteiger charge is -2.29. The molecule has 0 saturated heterocycles. The molecule has 1 unspecified atom stereocenters. The van der Waals surface area contributed by atoms with E-state index in [-0.39, 0.29) is 12.1 Å². The van der Waals surface area contributed by atoms with E-state index in [9.17, 15) is 4.79 Å². The van der Waals surface area contributed by atoms with Gasteiger partial charge in [0, 0.05) is 19.1 Å². The molecule has 1 aromatic rings. The Morgan fingerprint density at radius 3 is 2.81 bits per heavy atom. The minimum atomic E-state index is -0.387. The Balaban J connectivity index is 2.12. The van der Waals surface area contributed by atoms with Gasteiger partial charge in [-0.2, -0.15) is 0 Å². The summed E-state index contributed by atoms with van der Waals surface area (Å²) in [5, 5.41) is 0. The fraction of sp³-hybridized carbons (Fsp3) is 0.308. The molecule has 0 aliphatic heterocycles. The first-order valence-corrected chi connectivity index (χ1v) is 5.15. The fourth-order valence-electron chi connectivity index (χ4n) is 1.72. The minimum Gasteiger partial charge on any atom is -0.423 e. The van der Waals surface area contributed by atoms with Gasteiger partial charge in [-0.15, -0.1) is 0 Å². The van der Waals surface area contributed by atoms with Crippen molar-refractivity contribution in [3.8, 4) is 5.75 Å². The average molecular weight is 218 g/mol. The van der Waals surface area contributed by atoms with Crippen LogP contribution in [0.1, 0.15) is 24.2 Å². The van der Waals surface area contributed by atoms with Crippen LogP contribution in [0.15, 0.2) is 30.4 Å². The van der Waals surface area contributed by atoms with E-state index >= 15 is 0 Å². The smallest absolute Gasteiger partial charge is 0.338 e. The second kappa shape index (κ2) is 4.10. The maximum Gasteiger partial charge on any atom is 0.338 e. The third-order valence-electron chi connectivity index (χ3n) is 2.71. The second-order valence-corrected chi connectivity index (χ2v) is 3.96. The van der Waals surface area contributed by atoms with Gasteiger partial charge in [-0.05, 0) is 30.2 Å². The summed E-state index contributed by atoms with van der Waals surface area (Å²) in [5.74, 6) is 0.184. The highest BCUT2D eigenvalue weighted by molar-refractivity contribution is 5.88. The van der Waals surface area contributed by atoms with Crippen LogP contribution < -0.4 is 4.74 Å². The molecule has 84 valence electrons. The maximum atomic E-state index is 11.3. The minimum absolute atomic E-state index is 0.195. The Morgan fingerprint density at radius 2 is 2.25 bits per heavy atom. The third-order valence-corrected chi connectivity index (χ3v) is 2.71. The summed E-state index contributed by atoms with van der Waals surface area (Å²) < 4.78 is 10.4. The number of benzene rings is 1. The molecule has 0 N–H and O–H groups in total. The van der Waals surface area contributed by atoms with Gasteiger partial charge in [0.2, 0.25) is 0 Å². The van der Waals surface area contributed by atoms with Crippen molar-refractivity contribution < 1.29 is 14.3 Å². The van der Waals surface area contributed by atoms with Gasteiger partial charge in [-0.3, -0.25) is 0 Å². The summed E-state index contributed by atoms with van der Waals surface area (Å²) in [4.78, 5) is 11.3. The molecule has 2 rings (SSSR count). The molecule has 1 aromatic carbocycles. The quantitative estimate of drug-likeness (QED) is 0.444. The van der Waals surface area contributed by atoms with Crippen molar-refractivity contribution in [1.29, 1.82) is 0 Å². The fourth-order valence-corrected chi connectivity index (χ4v) is 1.72. The van der Waals surface area contributed by atoms with E-state index in [1.807, 2.05) is 12.1 Å². The predicted octanol–water partition coefficient (Wildman–Crippen LogP) is 2.41. The van der Waals surface area contributed by atoms with Crippen molar-refractivity contribution in [2.75, 3.05) is 7.11 Å². The van der Waals surface area contributed by atoms with Crippen LogP contribution in [-0.2, 0) is 16.0 Å². The zero-order valence-corrected chi connectivity index (χ0v) is 9.45. The van der Waals surface area contributed by atoms with Crippen LogP contribution in [0.2, 0.25) is 0 Å². The lowest BCUT2D eigenvalue weighted by atomic mass is 9.85. The lowest BCUT2D eigenvalue weighted by Crippen LogP contribution is -2.19. The molecule has 1 atom stereocenters. The molecule has 3 nitrogen and oxygen atoms in total. The van der Waals surface area contributed by atoms with Gasteiger partial charge in [-0.25, -0.2) is 4.79 Å². The Labute approximate surface area is 94.7 Å². The number of ether oxygens (including phenoxy) is 2. The summed E-state index contributed by atoms with van der Waals surface area (Å²) in [6, 6.07) is 5.60. The normalized spacial score (nSPS) is 17.2. The number of methoxy groups -OCH3 is 1. The largest absolute Gasteiger partial charge is 0.423 e. The van der Waals surface area contributed by atoms with E-state index in [2.05, 4.69) is 6.58 Å². The van der Waals surface area contributed by atoms with Crippen LogP contribution in [-0.4, -0.2) is 13.1 Å². The Hall–Kier alpha value is -1.61. The molecule has 0 amide bonds. The van der Waals surface area contributed by atoms with Crippen LogP contribution in [0.5, 0.6) is 5.75 Å². The number of esters is 1. The number of rotatable bonds is 3. The van der Waals surface area contributed by atoms with Crippen molar-refractivity contribution in [1.82, 2.24) is 0 Å². The lowest BCUT2D eigenvalue weighted by molar-refractivity contribution is -0.130. The van der Waals surface area contributed by atoms with Crippen molar-refractivity contribution in [2.24, 2.45) is 0 Å². The molecule has 0 bridgehead atoms. The highest BCUT2D eigenvalue weighted by Crippen LogP contribution is 2.37. The first-order chi connectivity index (χ1) is 7.61. The first kappa shape index (κ1) is 10.9. The van der Waals surface area contributed by atoms with Crippen LogP contribution in [0.3, 0.4) is 0 Å². The molecule has 0 heterocycles. The van der Waals surface area contributed by atoms with E-state index in [0.717, 1.165) is 6.42 Å². The molecule has 0 radical (unpaired) electrons.